The van der Waals surface area contributed by atoms with Crippen molar-refractivity contribution in [2.24, 2.45) is 4.99 Å². The third-order valence-electron chi connectivity index (χ3n) is 3.86. The highest BCUT2D eigenvalue weighted by Crippen LogP contribution is 2.59. The van der Waals surface area contributed by atoms with Crippen LogP contribution >= 0.6 is 11.8 Å². The largest absolute Gasteiger partial charge is 0.443 e. The smallest absolute Gasteiger partial charge is 0.286 e. The third kappa shape index (κ3) is 4.92. The highest BCUT2D eigenvalue weighted by atomic mass is 32.2. The Bertz CT molecular complexity index is 1080. The summed E-state index contributed by atoms with van der Waals surface area (Å²) in [5, 5.41) is 11.6. The number of carbonyl (C=O) groups is 2. The molecule has 0 saturated carbocycles. The number of rotatable bonds is 2. The molecule has 0 atom stereocenters. The number of benzene rings is 1. The minimum atomic E-state index is -6.64. The van der Waals surface area contributed by atoms with Gasteiger partial charge in [0.2, 0.25) is 5.83 Å². The Kier molecular flexibility index (Phi) is 6.92. The van der Waals surface area contributed by atoms with E-state index in [4.69, 9.17) is 0 Å². The molecule has 1 aromatic carbocycles. The highest BCUT2D eigenvalue weighted by Gasteiger charge is 2.77. The Hall–Kier alpha value is -3.38. The molecular formula is C15H6F10N4O4S. The van der Waals surface area contributed by atoms with E-state index in [0.29, 0.717) is 0 Å². The molecule has 2 rings (SSSR count). The van der Waals surface area contributed by atoms with Crippen molar-refractivity contribution in [1.29, 1.82) is 0 Å². The van der Waals surface area contributed by atoms with Crippen molar-refractivity contribution in [3.05, 3.63) is 50.7 Å². The van der Waals surface area contributed by atoms with Gasteiger partial charge in [-0.25, -0.2) is 14.2 Å². The first kappa shape index (κ1) is 26.9. The topological polar surface area (TPSA) is 114 Å². The van der Waals surface area contributed by atoms with E-state index >= 15 is 0 Å². The van der Waals surface area contributed by atoms with E-state index in [-0.39, 0.29) is 0 Å². The number of imide groups is 1. The zero-order chi connectivity index (χ0) is 26.3. The van der Waals surface area contributed by atoms with Crippen LogP contribution in [0.25, 0.3) is 0 Å². The third-order valence-corrected chi connectivity index (χ3v) is 4.92. The van der Waals surface area contributed by atoms with E-state index in [1.807, 2.05) is 0 Å². The number of alkyl halides is 9. The fourth-order valence-corrected chi connectivity index (χ4v) is 3.60. The summed E-state index contributed by atoms with van der Waals surface area (Å²) in [4.78, 5) is 32.8. The Morgan fingerprint density at radius 3 is 2.00 bits per heavy atom. The monoisotopic (exact) mass is 528 g/mol. The van der Waals surface area contributed by atoms with Crippen LogP contribution < -0.4 is 10.6 Å². The fraction of sp³-hybridized carbons (Fsp3) is 0.267. The molecule has 0 aromatic heterocycles. The molecule has 0 bridgehead atoms. The first-order valence-electron chi connectivity index (χ1n) is 8.07. The lowest BCUT2D eigenvalue weighted by Gasteiger charge is -2.31. The predicted octanol–water partition coefficient (Wildman–Crippen LogP) is 4.74. The Morgan fingerprint density at radius 1 is 1.00 bits per heavy atom. The van der Waals surface area contributed by atoms with Crippen LogP contribution in [0.1, 0.15) is 10.4 Å². The number of para-hydroxylation sites is 1. The average molecular weight is 528 g/mol. The van der Waals surface area contributed by atoms with Gasteiger partial charge in [-0.3, -0.25) is 25.5 Å². The van der Waals surface area contributed by atoms with Gasteiger partial charge in [-0.05, 0) is 6.07 Å². The van der Waals surface area contributed by atoms with Crippen molar-refractivity contribution in [3.8, 4) is 0 Å². The number of thioether (sulfide) groups is 1. The van der Waals surface area contributed by atoms with Crippen molar-refractivity contribution in [3.63, 3.8) is 0 Å². The number of halogens is 10. The van der Waals surface area contributed by atoms with Crippen molar-refractivity contribution >= 4 is 34.6 Å². The quantitative estimate of drug-likeness (QED) is 0.327. The van der Waals surface area contributed by atoms with Gasteiger partial charge >= 0.3 is 24.6 Å². The lowest BCUT2D eigenvalue weighted by Crippen LogP contribution is -2.55. The fourth-order valence-electron chi connectivity index (χ4n) is 2.45. The maximum Gasteiger partial charge on any atom is 0.443 e. The summed E-state index contributed by atoms with van der Waals surface area (Å²) in [5.41, 5.74) is -7.31. The summed E-state index contributed by atoms with van der Waals surface area (Å²) in [6.45, 7) is 0. The number of nitro groups is 1. The zero-order valence-corrected chi connectivity index (χ0v) is 16.3. The molecular weight excluding hydrogens is 522 g/mol. The zero-order valence-electron chi connectivity index (χ0n) is 15.5. The molecule has 8 nitrogen and oxygen atoms in total. The van der Waals surface area contributed by atoms with Crippen molar-refractivity contribution in [2.75, 3.05) is 0 Å². The van der Waals surface area contributed by atoms with Crippen LogP contribution in [0.2, 0.25) is 0 Å². The molecule has 0 fully saturated rings. The van der Waals surface area contributed by atoms with E-state index in [9.17, 15) is 63.6 Å². The summed E-state index contributed by atoms with van der Waals surface area (Å²) in [5.74, 6) is -5.31. The summed E-state index contributed by atoms with van der Waals surface area (Å²) in [6, 6.07) is 1.95. The van der Waals surface area contributed by atoms with E-state index in [1.54, 1.807) is 0 Å². The molecule has 19 heteroatoms. The number of allylic oxidation sites excluding steroid dienone is 1. The second-order valence-electron chi connectivity index (χ2n) is 6.05. The van der Waals surface area contributed by atoms with Crippen molar-refractivity contribution in [1.82, 2.24) is 10.6 Å². The molecule has 1 aliphatic heterocycles. The maximum absolute atomic E-state index is 13.6. The molecule has 1 heterocycles. The van der Waals surface area contributed by atoms with E-state index in [2.05, 4.69) is 4.99 Å². The van der Waals surface area contributed by atoms with Gasteiger partial charge in [-0.2, -0.15) is 39.5 Å². The Morgan fingerprint density at radius 2 is 1.53 bits per heavy atom. The normalized spacial score (nSPS) is 17.6. The molecule has 34 heavy (non-hydrogen) atoms. The lowest BCUT2D eigenvalue weighted by atomic mass is 9.97. The maximum atomic E-state index is 13.6. The SMILES string of the molecule is O=C(NC(=O)c1ccccc1[N+](=O)[O-])NC1=NC(C(F)(F)F)(C(F)(F)F)/C(=C(\F)C(F)(F)F)S1. The van der Waals surface area contributed by atoms with Crippen LogP contribution in [0.3, 0.4) is 0 Å². The Labute approximate surface area is 184 Å². The minimum absolute atomic E-state index is 0.757. The van der Waals surface area contributed by atoms with Gasteiger partial charge < -0.3 is 0 Å². The second kappa shape index (κ2) is 8.76. The number of urea groups is 1. The first-order chi connectivity index (χ1) is 15.3. The summed E-state index contributed by atoms with van der Waals surface area (Å²) >= 11 is -1.13. The number of amidine groups is 1. The molecule has 0 saturated heterocycles. The summed E-state index contributed by atoms with van der Waals surface area (Å²) in [6.07, 6.45) is -19.6. The van der Waals surface area contributed by atoms with E-state index < -0.39 is 79.8 Å². The van der Waals surface area contributed by atoms with Crippen LogP contribution in [0, 0.1) is 10.1 Å². The number of nitrogens with zero attached hydrogens (tertiary/aromatic N) is 2. The molecule has 186 valence electrons. The predicted molar refractivity (Wildman–Crippen MR) is 93.2 cm³/mol. The van der Waals surface area contributed by atoms with Gasteiger partial charge in [0.05, 0.1) is 9.83 Å². The van der Waals surface area contributed by atoms with Gasteiger partial charge in [0.25, 0.3) is 17.1 Å². The number of aliphatic imine (C=N–C) groups is 1. The average Bonchev–Trinajstić information content (AvgIpc) is 3.06. The molecule has 2 N–H and O–H groups in total. The number of nitrogens with one attached hydrogen (secondary N) is 2. The van der Waals surface area contributed by atoms with E-state index in [0.717, 1.165) is 24.3 Å². The number of hydrogen-bond donors (Lipinski definition) is 2. The van der Waals surface area contributed by atoms with Crippen LogP contribution in [0.15, 0.2) is 40.0 Å². The molecule has 1 aromatic rings. The van der Waals surface area contributed by atoms with Gasteiger partial charge in [-0.1, -0.05) is 23.9 Å². The summed E-state index contributed by atoms with van der Waals surface area (Å²) < 4.78 is 131. The molecule has 3 amide bonds. The standard InChI is InChI=1S/C15H6F10N4O4S/c16-7(13(17,18)19)8-12(14(20,21)22,15(23,24)25)28-11(34-8)27-10(31)26-9(30)5-3-1-2-4-6(5)29(32)33/h1-4H,(H2,26,27,28,30,31)/b8-7+. The van der Waals surface area contributed by atoms with Gasteiger partial charge in [0, 0.05) is 6.07 Å². The van der Waals surface area contributed by atoms with Gasteiger partial charge in [0.15, 0.2) is 5.17 Å². The van der Waals surface area contributed by atoms with Gasteiger partial charge in [0.1, 0.15) is 5.56 Å². The van der Waals surface area contributed by atoms with Crippen LogP contribution in [0.4, 0.5) is 54.4 Å². The van der Waals surface area contributed by atoms with Crippen molar-refractivity contribution in [2.45, 2.75) is 24.1 Å². The number of carbonyl (C=O) groups excluding carboxylic acids is 2. The molecule has 0 radical (unpaired) electrons. The van der Waals surface area contributed by atoms with Crippen LogP contribution in [-0.4, -0.2) is 46.1 Å². The van der Waals surface area contributed by atoms with Crippen molar-refractivity contribution < 1.29 is 58.4 Å². The van der Waals surface area contributed by atoms with Crippen LogP contribution in [-0.2, 0) is 0 Å². The lowest BCUT2D eigenvalue weighted by molar-refractivity contribution is -0.385. The molecule has 0 aliphatic carbocycles. The first-order valence-corrected chi connectivity index (χ1v) is 8.89. The second-order valence-corrected chi connectivity index (χ2v) is 7.05. The molecule has 0 spiro atoms. The van der Waals surface area contributed by atoms with E-state index in [1.165, 1.54) is 10.6 Å². The highest BCUT2D eigenvalue weighted by molar-refractivity contribution is 8.17. The minimum Gasteiger partial charge on any atom is -0.286 e. The number of hydrogen-bond acceptors (Lipinski definition) is 6. The molecule has 1 aliphatic rings. The summed E-state index contributed by atoms with van der Waals surface area (Å²) in [7, 11) is 0. The number of nitro benzene ring substituents is 1. The molecule has 0 unspecified atom stereocenters. The Balaban J connectivity index is 2.44. The number of amides is 3. The van der Waals surface area contributed by atoms with Gasteiger partial charge in [-0.15, -0.1) is 0 Å². The van der Waals surface area contributed by atoms with Crippen LogP contribution in [0.5, 0.6) is 0 Å².